The zero-order valence-electron chi connectivity index (χ0n) is 15.4. The number of likely N-dealkylation sites (tertiary alicyclic amines) is 1. The molecule has 0 radical (unpaired) electrons. The Kier molecular flexibility index (Phi) is 6.41. The monoisotopic (exact) mass is 356 g/mol. The Balaban J connectivity index is 1.51. The summed E-state index contributed by atoms with van der Waals surface area (Å²) in [7, 11) is 1.81. The first-order chi connectivity index (χ1) is 12.7. The summed E-state index contributed by atoms with van der Waals surface area (Å²) in [4.78, 5) is 20.5. The van der Waals surface area contributed by atoms with E-state index in [1.54, 1.807) is 11.1 Å². The third kappa shape index (κ3) is 4.51. The molecule has 1 fully saturated rings. The number of hydrogen-bond donors (Lipinski definition) is 2. The molecule has 1 aliphatic heterocycles. The van der Waals surface area contributed by atoms with Crippen LogP contribution in [-0.4, -0.2) is 65.3 Å². The number of aliphatic hydroxyl groups is 1. The van der Waals surface area contributed by atoms with Gasteiger partial charge in [-0.25, -0.2) is 4.79 Å². The van der Waals surface area contributed by atoms with Gasteiger partial charge in [-0.05, 0) is 36.4 Å². The number of aromatic nitrogens is 1. The van der Waals surface area contributed by atoms with Crippen LogP contribution in [0.1, 0.15) is 24.8 Å². The van der Waals surface area contributed by atoms with E-state index in [2.05, 4.69) is 15.2 Å². The van der Waals surface area contributed by atoms with Crippen LogP contribution in [0.3, 0.4) is 0 Å². The van der Waals surface area contributed by atoms with E-state index >= 15 is 0 Å². The van der Waals surface area contributed by atoms with E-state index in [1.807, 2.05) is 37.5 Å². The van der Waals surface area contributed by atoms with Crippen molar-refractivity contribution in [3.8, 4) is 0 Å². The molecule has 1 atom stereocenters. The van der Waals surface area contributed by atoms with Crippen LogP contribution in [0.2, 0.25) is 0 Å². The van der Waals surface area contributed by atoms with Crippen LogP contribution in [0.25, 0.3) is 10.8 Å². The summed E-state index contributed by atoms with van der Waals surface area (Å²) in [6.07, 6.45) is 7.01. The second kappa shape index (κ2) is 8.96. The molecule has 26 heavy (non-hydrogen) atoms. The van der Waals surface area contributed by atoms with Gasteiger partial charge in [0.05, 0.1) is 6.61 Å². The number of piperidine rings is 1. The highest BCUT2D eigenvalue weighted by Crippen LogP contribution is 2.19. The van der Waals surface area contributed by atoms with Gasteiger partial charge in [-0.1, -0.05) is 24.6 Å². The van der Waals surface area contributed by atoms with E-state index < -0.39 is 0 Å². The van der Waals surface area contributed by atoms with Gasteiger partial charge in [0.2, 0.25) is 0 Å². The second-order valence-electron chi connectivity index (χ2n) is 6.97. The number of pyridine rings is 1. The molecule has 0 saturated carbocycles. The first-order valence-electron chi connectivity index (χ1n) is 9.34. The molecular weight excluding hydrogens is 328 g/mol. The highest BCUT2D eigenvalue weighted by Gasteiger charge is 2.21. The van der Waals surface area contributed by atoms with Crippen molar-refractivity contribution in [3.05, 3.63) is 42.2 Å². The zero-order chi connectivity index (χ0) is 18.4. The normalized spacial score (nSPS) is 18.0. The number of hydrogen-bond acceptors (Lipinski definition) is 4. The zero-order valence-corrected chi connectivity index (χ0v) is 15.4. The number of carbonyl (C=O) groups excluding carboxylic acids is 1. The number of nitrogens with one attached hydrogen (secondary N) is 1. The Morgan fingerprint density at radius 2 is 2.27 bits per heavy atom. The lowest BCUT2D eigenvalue weighted by atomic mass is 10.0. The van der Waals surface area contributed by atoms with Gasteiger partial charge in [-0.15, -0.1) is 0 Å². The average molecular weight is 356 g/mol. The summed E-state index contributed by atoms with van der Waals surface area (Å²) >= 11 is 0. The Labute approximate surface area is 154 Å². The number of aliphatic hydroxyl groups excluding tert-OH is 1. The van der Waals surface area contributed by atoms with Gasteiger partial charge in [0, 0.05) is 50.5 Å². The highest BCUT2D eigenvalue weighted by molar-refractivity contribution is 5.85. The number of fused-ring (bicyclic) bond motifs is 1. The predicted molar refractivity (Wildman–Crippen MR) is 103 cm³/mol. The SMILES string of the molecule is CN(Cc1cccc2cnccc12)C(=O)NCCN1CCCC[C@@H]1CO. The lowest BCUT2D eigenvalue weighted by molar-refractivity contribution is 0.0911. The molecule has 140 valence electrons. The van der Waals surface area contributed by atoms with Crippen LogP contribution in [0.4, 0.5) is 4.79 Å². The second-order valence-corrected chi connectivity index (χ2v) is 6.97. The molecular formula is C20H28N4O2. The molecule has 2 aromatic rings. The van der Waals surface area contributed by atoms with E-state index in [-0.39, 0.29) is 18.7 Å². The van der Waals surface area contributed by atoms with Crippen LogP contribution in [-0.2, 0) is 6.54 Å². The molecule has 0 unspecified atom stereocenters. The molecule has 0 bridgehead atoms. The van der Waals surface area contributed by atoms with Crippen LogP contribution < -0.4 is 5.32 Å². The van der Waals surface area contributed by atoms with Crippen LogP contribution in [0, 0.1) is 0 Å². The van der Waals surface area contributed by atoms with Crippen molar-refractivity contribution < 1.29 is 9.90 Å². The lowest BCUT2D eigenvalue weighted by Crippen LogP contribution is -2.47. The lowest BCUT2D eigenvalue weighted by Gasteiger charge is -2.34. The number of benzene rings is 1. The Bertz CT molecular complexity index is 731. The van der Waals surface area contributed by atoms with Gasteiger partial charge >= 0.3 is 6.03 Å². The number of nitrogens with zero attached hydrogens (tertiary/aromatic N) is 3. The van der Waals surface area contributed by atoms with Gasteiger partial charge in [-0.2, -0.15) is 0 Å². The van der Waals surface area contributed by atoms with Crippen molar-refractivity contribution in [2.75, 3.05) is 33.3 Å². The van der Waals surface area contributed by atoms with Crippen molar-refractivity contribution in [1.82, 2.24) is 20.1 Å². The fourth-order valence-electron chi connectivity index (χ4n) is 3.66. The summed E-state index contributed by atoms with van der Waals surface area (Å²) in [5.41, 5.74) is 1.11. The smallest absolute Gasteiger partial charge is 0.317 e. The standard InChI is InChI=1S/C20H28N4O2/c1-23(14-17-6-4-5-16-13-21-9-8-19(16)17)20(26)22-10-12-24-11-3-2-7-18(24)15-25/h4-6,8-9,13,18,25H,2-3,7,10-12,14-15H2,1H3,(H,22,26)/t18-/m1/s1. The number of rotatable bonds is 6. The van der Waals surface area contributed by atoms with Crippen molar-refractivity contribution in [1.29, 1.82) is 0 Å². The summed E-state index contributed by atoms with van der Waals surface area (Å²) in [5, 5.41) is 14.7. The number of carbonyl (C=O) groups is 1. The first-order valence-corrected chi connectivity index (χ1v) is 9.34. The molecule has 6 heteroatoms. The van der Waals surface area contributed by atoms with Crippen LogP contribution in [0.15, 0.2) is 36.7 Å². The molecule has 0 aliphatic carbocycles. The summed E-state index contributed by atoms with van der Waals surface area (Å²) < 4.78 is 0. The quantitative estimate of drug-likeness (QED) is 0.833. The van der Waals surface area contributed by atoms with Gasteiger partial charge in [0.1, 0.15) is 0 Å². The van der Waals surface area contributed by atoms with Crippen LogP contribution >= 0.6 is 0 Å². The highest BCUT2D eigenvalue weighted by atomic mass is 16.3. The average Bonchev–Trinajstić information content (AvgIpc) is 2.68. The predicted octanol–water partition coefficient (Wildman–Crippen LogP) is 2.22. The third-order valence-corrected chi connectivity index (χ3v) is 5.16. The fourth-order valence-corrected chi connectivity index (χ4v) is 3.66. The maximum absolute atomic E-state index is 12.4. The Hall–Kier alpha value is -2.18. The molecule has 2 amide bonds. The molecule has 1 saturated heterocycles. The molecule has 2 heterocycles. The van der Waals surface area contributed by atoms with Crippen molar-refractivity contribution in [3.63, 3.8) is 0 Å². The molecule has 1 aromatic carbocycles. The van der Waals surface area contributed by atoms with Crippen LogP contribution in [0.5, 0.6) is 0 Å². The summed E-state index contributed by atoms with van der Waals surface area (Å²) in [5.74, 6) is 0. The molecule has 3 rings (SSSR count). The molecule has 0 spiro atoms. The van der Waals surface area contributed by atoms with Gasteiger partial charge < -0.3 is 15.3 Å². The fraction of sp³-hybridized carbons (Fsp3) is 0.500. The largest absolute Gasteiger partial charge is 0.395 e. The molecule has 1 aromatic heterocycles. The van der Waals surface area contributed by atoms with Gasteiger partial charge in [0.15, 0.2) is 0 Å². The molecule has 1 aliphatic rings. The minimum Gasteiger partial charge on any atom is -0.395 e. The van der Waals surface area contributed by atoms with E-state index in [1.165, 1.54) is 12.8 Å². The first kappa shape index (κ1) is 18.6. The van der Waals surface area contributed by atoms with Crippen molar-refractivity contribution in [2.45, 2.75) is 31.8 Å². The van der Waals surface area contributed by atoms with Gasteiger partial charge in [0.25, 0.3) is 0 Å². The number of amides is 2. The third-order valence-electron chi connectivity index (χ3n) is 5.16. The topological polar surface area (TPSA) is 68.7 Å². The van der Waals surface area contributed by atoms with E-state index in [0.717, 1.165) is 35.8 Å². The molecule has 2 N–H and O–H groups in total. The maximum Gasteiger partial charge on any atom is 0.317 e. The van der Waals surface area contributed by atoms with E-state index in [4.69, 9.17) is 0 Å². The van der Waals surface area contributed by atoms with E-state index in [0.29, 0.717) is 13.1 Å². The van der Waals surface area contributed by atoms with Crippen molar-refractivity contribution in [2.24, 2.45) is 0 Å². The minimum atomic E-state index is -0.0754. The molecule has 6 nitrogen and oxygen atoms in total. The summed E-state index contributed by atoms with van der Waals surface area (Å²) in [6, 6.07) is 8.22. The maximum atomic E-state index is 12.4. The van der Waals surface area contributed by atoms with Crippen molar-refractivity contribution >= 4 is 16.8 Å². The van der Waals surface area contributed by atoms with E-state index in [9.17, 15) is 9.90 Å². The Morgan fingerprint density at radius 1 is 1.38 bits per heavy atom. The summed E-state index contributed by atoms with van der Waals surface area (Å²) in [6.45, 7) is 3.13. The Morgan fingerprint density at radius 3 is 3.12 bits per heavy atom. The number of urea groups is 1. The van der Waals surface area contributed by atoms with Gasteiger partial charge in [-0.3, -0.25) is 9.88 Å². The minimum absolute atomic E-state index is 0.0754.